The SMILES string of the molecule is CC1OC(C(N)C2OC(C)O2)O1. The highest BCUT2D eigenvalue weighted by atomic mass is 16.9. The fourth-order valence-corrected chi connectivity index (χ4v) is 1.27. The Morgan fingerprint density at radius 1 is 0.917 bits per heavy atom. The van der Waals surface area contributed by atoms with E-state index in [-0.39, 0.29) is 31.2 Å². The van der Waals surface area contributed by atoms with E-state index in [0.717, 1.165) is 0 Å². The van der Waals surface area contributed by atoms with Crippen molar-refractivity contribution in [3.05, 3.63) is 0 Å². The quantitative estimate of drug-likeness (QED) is 0.627. The van der Waals surface area contributed by atoms with E-state index in [2.05, 4.69) is 0 Å². The fourth-order valence-electron chi connectivity index (χ4n) is 1.27. The first kappa shape index (κ1) is 8.40. The first-order chi connectivity index (χ1) is 5.66. The van der Waals surface area contributed by atoms with Crippen molar-refractivity contribution >= 4 is 0 Å². The highest BCUT2D eigenvalue weighted by molar-refractivity contribution is 4.78. The molecule has 0 aromatic carbocycles. The molecule has 0 spiro atoms. The maximum Gasteiger partial charge on any atom is 0.183 e. The maximum atomic E-state index is 5.71. The molecule has 0 radical (unpaired) electrons. The van der Waals surface area contributed by atoms with Crippen molar-refractivity contribution in [3.63, 3.8) is 0 Å². The van der Waals surface area contributed by atoms with Crippen LogP contribution in [0.25, 0.3) is 0 Å². The van der Waals surface area contributed by atoms with Crippen LogP contribution in [0.1, 0.15) is 13.8 Å². The largest absolute Gasteiger partial charge is 0.322 e. The van der Waals surface area contributed by atoms with Gasteiger partial charge in [-0.15, -0.1) is 0 Å². The van der Waals surface area contributed by atoms with Gasteiger partial charge < -0.3 is 24.7 Å². The number of hydrogen-bond acceptors (Lipinski definition) is 5. The standard InChI is InChI=1S/C7H13NO4/c1-3-9-6(10-3)5(8)7-11-4(2)12-7/h3-7H,8H2,1-2H3. The molecule has 0 saturated carbocycles. The molecule has 2 N–H and O–H groups in total. The molecule has 5 heteroatoms. The van der Waals surface area contributed by atoms with Crippen LogP contribution in [0.3, 0.4) is 0 Å². The normalized spacial score (nSPS) is 49.2. The van der Waals surface area contributed by atoms with Crippen molar-refractivity contribution in [2.75, 3.05) is 0 Å². The van der Waals surface area contributed by atoms with E-state index in [1.54, 1.807) is 0 Å². The van der Waals surface area contributed by atoms with Gasteiger partial charge in [0.15, 0.2) is 25.2 Å². The Morgan fingerprint density at radius 2 is 1.25 bits per heavy atom. The van der Waals surface area contributed by atoms with Crippen LogP contribution < -0.4 is 5.73 Å². The summed E-state index contributed by atoms with van der Waals surface area (Å²) in [6.07, 6.45) is -1.06. The summed E-state index contributed by atoms with van der Waals surface area (Å²) in [6, 6.07) is -0.350. The molecular weight excluding hydrogens is 162 g/mol. The second-order valence-electron chi connectivity index (χ2n) is 2.99. The van der Waals surface area contributed by atoms with Gasteiger partial charge >= 0.3 is 0 Å². The number of ether oxygens (including phenoxy) is 4. The molecule has 0 bridgehead atoms. The van der Waals surface area contributed by atoms with Crippen LogP contribution in [0.2, 0.25) is 0 Å². The van der Waals surface area contributed by atoms with Crippen LogP contribution in [-0.4, -0.2) is 31.2 Å². The highest BCUT2D eigenvalue weighted by Gasteiger charge is 2.43. The maximum absolute atomic E-state index is 5.71. The topological polar surface area (TPSA) is 62.9 Å². The highest BCUT2D eigenvalue weighted by Crippen LogP contribution is 2.26. The smallest absolute Gasteiger partial charge is 0.183 e. The van der Waals surface area contributed by atoms with Crippen LogP contribution in [0.5, 0.6) is 0 Å². The van der Waals surface area contributed by atoms with Crippen LogP contribution in [0.4, 0.5) is 0 Å². The molecule has 12 heavy (non-hydrogen) atoms. The van der Waals surface area contributed by atoms with Crippen molar-refractivity contribution in [2.24, 2.45) is 5.73 Å². The van der Waals surface area contributed by atoms with E-state index in [1.165, 1.54) is 0 Å². The number of rotatable bonds is 2. The minimum Gasteiger partial charge on any atom is -0.322 e. The molecule has 2 aliphatic heterocycles. The lowest BCUT2D eigenvalue weighted by Gasteiger charge is -2.44. The fraction of sp³-hybridized carbons (Fsp3) is 1.00. The minimum atomic E-state index is -0.377. The van der Waals surface area contributed by atoms with E-state index < -0.39 is 0 Å². The molecule has 2 saturated heterocycles. The first-order valence-electron chi connectivity index (χ1n) is 4.04. The summed E-state index contributed by atoms with van der Waals surface area (Å²) in [7, 11) is 0. The monoisotopic (exact) mass is 175 g/mol. The summed E-state index contributed by atoms with van der Waals surface area (Å²) < 4.78 is 20.7. The van der Waals surface area contributed by atoms with Crippen molar-refractivity contribution in [3.8, 4) is 0 Å². The molecule has 2 aliphatic rings. The van der Waals surface area contributed by atoms with Gasteiger partial charge in [-0.25, -0.2) is 0 Å². The van der Waals surface area contributed by atoms with Crippen LogP contribution in [0.15, 0.2) is 0 Å². The van der Waals surface area contributed by atoms with Gasteiger partial charge in [0.2, 0.25) is 0 Å². The Labute approximate surface area is 70.7 Å². The van der Waals surface area contributed by atoms with E-state index in [4.69, 9.17) is 24.7 Å². The molecule has 2 heterocycles. The number of nitrogens with two attached hydrogens (primary N) is 1. The van der Waals surface area contributed by atoms with Crippen LogP contribution in [0, 0.1) is 0 Å². The Kier molecular flexibility index (Phi) is 2.05. The Bertz CT molecular complexity index is 147. The van der Waals surface area contributed by atoms with E-state index in [0.29, 0.717) is 0 Å². The average Bonchev–Trinajstić information content (AvgIpc) is 1.91. The molecule has 2 rings (SSSR count). The zero-order valence-electron chi connectivity index (χ0n) is 7.10. The molecule has 0 amide bonds. The molecule has 0 aromatic rings. The molecular formula is C7H13NO4. The molecule has 2 fully saturated rings. The van der Waals surface area contributed by atoms with Gasteiger partial charge in [-0.3, -0.25) is 0 Å². The zero-order chi connectivity index (χ0) is 8.72. The van der Waals surface area contributed by atoms with E-state index in [9.17, 15) is 0 Å². The Morgan fingerprint density at radius 3 is 1.50 bits per heavy atom. The predicted octanol–water partition coefficient (Wildman–Crippen LogP) is -0.249. The Hall–Kier alpha value is -0.200. The summed E-state index contributed by atoms with van der Waals surface area (Å²) in [5, 5.41) is 0. The van der Waals surface area contributed by atoms with Crippen molar-refractivity contribution in [1.82, 2.24) is 0 Å². The van der Waals surface area contributed by atoms with E-state index >= 15 is 0 Å². The molecule has 5 nitrogen and oxygen atoms in total. The van der Waals surface area contributed by atoms with Crippen LogP contribution in [-0.2, 0) is 18.9 Å². The summed E-state index contributed by atoms with van der Waals surface area (Å²) in [5.74, 6) is 0. The van der Waals surface area contributed by atoms with Crippen molar-refractivity contribution in [2.45, 2.75) is 45.0 Å². The minimum absolute atomic E-state index is 0.154. The molecule has 0 aromatic heterocycles. The summed E-state index contributed by atoms with van der Waals surface area (Å²) >= 11 is 0. The van der Waals surface area contributed by atoms with Gasteiger partial charge in [-0.05, 0) is 13.8 Å². The zero-order valence-corrected chi connectivity index (χ0v) is 7.10. The molecule has 70 valence electrons. The van der Waals surface area contributed by atoms with Gasteiger partial charge in [-0.2, -0.15) is 0 Å². The van der Waals surface area contributed by atoms with E-state index in [1.807, 2.05) is 13.8 Å². The van der Waals surface area contributed by atoms with Gasteiger partial charge in [0.1, 0.15) is 6.04 Å². The van der Waals surface area contributed by atoms with Crippen LogP contribution >= 0.6 is 0 Å². The van der Waals surface area contributed by atoms with Crippen molar-refractivity contribution < 1.29 is 18.9 Å². The third-order valence-corrected chi connectivity index (χ3v) is 1.93. The first-order valence-corrected chi connectivity index (χ1v) is 4.04. The van der Waals surface area contributed by atoms with Gasteiger partial charge in [0, 0.05) is 0 Å². The van der Waals surface area contributed by atoms with Crippen molar-refractivity contribution in [1.29, 1.82) is 0 Å². The van der Waals surface area contributed by atoms with Gasteiger partial charge in [0.25, 0.3) is 0 Å². The lowest BCUT2D eigenvalue weighted by molar-refractivity contribution is -0.436. The second kappa shape index (κ2) is 2.93. The van der Waals surface area contributed by atoms with Gasteiger partial charge in [-0.1, -0.05) is 0 Å². The summed E-state index contributed by atoms with van der Waals surface area (Å²) in [6.45, 7) is 3.63. The average molecular weight is 175 g/mol. The number of hydrogen-bond donors (Lipinski definition) is 1. The predicted molar refractivity (Wildman–Crippen MR) is 38.8 cm³/mol. The lowest BCUT2D eigenvalue weighted by Crippen LogP contribution is -2.61. The second-order valence-corrected chi connectivity index (χ2v) is 2.99. The molecule has 0 unspecified atom stereocenters. The summed E-state index contributed by atoms with van der Waals surface area (Å²) in [4.78, 5) is 0. The van der Waals surface area contributed by atoms with Gasteiger partial charge in [0.05, 0.1) is 0 Å². The molecule has 0 aliphatic carbocycles. The molecule has 0 atom stereocenters. The Balaban J connectivity index is 1.74. The third-order valence-electron chi connectivity index (χ3n) is 1.93. The summed E-state index contributed by atoms with van der Waals surface area (Å²) in [5.41, 5.74) is 5.71. The lowest BCUT2D eigenvalue weighted by atomic mass is 10.2. The third kappa shape index (κ3) is 1.34.